The number of aliphatic hydroxyl groups is 1. The fourth-order valence-corrected chi connectivity index (χ4v) is 20.2. The van der Waals surface area contributed by atoms with Crippen LogP contribution in [-0.4, -0.2) is 145 Å². The molecule has 9 aromatic rings. The molecule has 0 aliphatic carbocycles. The molecule has 14 heterocycles. The number of terminal acetylenes is 1. The number of hydrogen-bond acceptors (Lipinski definition) is 22. The largest absolute Gasteiger partial charge is 2.00 e. The molecule has 0 bridgehead atoms. The summed E-state index contributed by atoms with van der Waals surface area (Å²) in [5.41, 5.74) is -2.25. The van der Waals surface area contributed by atoms with E-state index in [0.717, 1.165) is 42.0 Å². The van der Waals surface area contributed by atoms with Gasteiger partial charge >= 0.3 is 51.9 Å². The van der Waals surface area contributed by atoms with Gasteiger partial charge in [-0.25, -0.2) is 6.07 Å². The minimum Gasteiger partial charge on any atom is -1.00 e. The number of unbranched alkanes of at least 4 members (excludes halogenated alkanes) is 15. The first-order chi connectivity index (χ1) is 64.6. The van der Waals surface area contributed by atoms with Gasteiger partial charge in [0.15, 0.2) is 0 Å². The monoisotopic (exact) mass is 2250 g/mol. The van der Waals surface area contributed by atoms with Crippen molar-refractivity contribution in [2.45, 2.75) is 403 Å². The summed E-state index contributed by atoms with van der Waals surface area (Å²) in [7, 11) is -1.50. The molecular formula is C107H174B4Br2Cl2MgO13S9. The first-order valence-electron chi connectivity index (χ1n) is 49.1. The Labute approximate surface area is 926 Å². The van der Waals surface area contributed by atoms with Gasteiger partial charge in [-0.05, 0) is 319 Å². The number of hydrogen-bond donors (Lipinski definition) is 1. The average molecular weight is 2260 g/mol. The van der Waals surface area contributed by atoms with Crippen LogP contribution in [0.2, 0.25) is 0 Å². The van der Waals surface area contributed by atoms with Crippen molar-refractivity contribution in [2.75, 3.05) is 25.0 Å². The van der Waals surface area contributed by atoms with Crippen LogP contribution in [0.3, 0.4) is 0 Å². The topological polar surface area (TPSA) is 139 Å². The molecule has 1 unspecified atom stereocenters. The van der Waals surface area contributed by atoms with Crippen molar-refractivity contribution >= 4 is 209 Å². The van der Waals surface area contributed by atoms with E-state index in [1.807, 2.05) is 192 Å². The van der Waals surface area contributed by atoms with E-state index >= 15 is 0 Å². The maximum atomic E-state index is 9.68. The number of carbonyl (C=O) groups is 1. The van der Waals surface area contributed by atoms with Crippen LogP contribution in [0.1, 0.15) is 352 Å². The van der Waals surface area contributed by atoms with E-state index in [0.29, 0.717) is 11.8 Å². The molecule has 1 N–H and O–H groups in total. The van der Waals surface area contributed by atoms with Crippen molar-refractivity contribution in [1.29, 1.82) is 0 Å². The van der Waals surface area contributed by atoms with Crippen LogP contribution in [0.5, 0.6) is 0 Å². The van der Waals surface area contributed by atoms with E-state index in [4.69, 9.17) is 80.9 Å². The standard InChI is InChI=1S/C20H29BO2S2.C16H27BO2S.C14H18S2.C10H16S.2C9H19BO3.C9H6OS.C6H12O.C4H3BrS.C4H8O.C4H3S.C2H4Cl2.BrH.Mg.5H2/c1-6-7-8-9-10-15-11-12-16(24-15)17-13-14-18(25-17)21-22-19(2,3)20(4,5)23-21;1-6-7-8-9-10-13-11-12-14(20-13)17-18-15(2,3)16(4,5)19-17;1-2-3-4-5-7-12-9-10-14(16-12)13-8-6-11-15-13;1-2-3-4-5-7-10-8-6-9-11-10;2*1-7(2)11-10-12-8(3,4)9(5,6)13-10;1-2-3-5-8(10)9-6-4-7-11-9;1-2-3-4-5-6-7;5-4-2-1-3-6-4;2*1-2-4-5-3-1;3-1-2-4;;;;;;;/h11-14H,6-10H2,1-5H3;11-12H,6-10H2,1-5H3;6,8-11H,2-5,7H2,1H3;6,8-9H,2-5,7H2,1H3;2*7H,1-6H3;1,4,6-8,10H;6H,2-5H2,1H3;1-3H;1-4H2;1-3H;1-2H2;1H;;5*1H/q;;;;;;;;;;-1;;;+2;;;;;/p-1. The van der Waals surface area contributed by atoms with Gasteiger partial charge in [-0.15, -0.1) is 126 Å². The molecule has 9 aromatic heterocycles. The van der Waals surface area contributed by atoms with E-state index in [9.17, 15) is 9.90 Å². The normalized spacial score (nSPS) is 16.4. The summed E-state index contributed by atoms with van der Waals surface area (Å²) in [6.45, 7) is 53.9. The number of alkyl halides is 2. The maximum absolute atomic E-state index is 9.68. The number of ether oxygens (including phenoxy) is 1. The Morgan fingerprint density at radius 3 is 1.15 bits per heavy atom. The molecule has 5 fully saturated rings. The van der Waals surface area contributed by atoms with Gasteiger partial charge in [0, 0.05) is 104 Å². The van der Waals surface area contributed by atoms with E-state index in [1.165, 1.54) is 203 Å². The van der Waals surface area contributed by atoms with Crippen LogP contribution in [0.15, 0.2) is 140 Å². The van der Waals surface area contributed by atoms with E-state index in [1.54, 1.807) is 43.8 Å². The second-order valence-corrected chi connectivity index (χ2v) is 49.3. The molecule has 5 saturated heterocycles. The van der Waals surface area contributed by atoms with Crippen molar-refractivity contribution in [3.8, 4) is 43.7 Å². The summed E-state index contributed by atoms with van der Waals surface area (Å²) in [6, 6.07) is 38.2. The zero-order chi connectivity index (χ0) is 101. The van der Waals surface area contributed by atoms with Gasteiger partial charge in [-0.3, -0.25) is 0 Å². The summed E-state index contributed by atoms with van der Waals surface area (Å²) < 4.78 is 66.4. The third-order valence-corrected chi connectivity index (χ3v) is 33.6. The average Bonchev–Trinajstić information content (AvgIpc) is 1.67. The van der Waals surface area contributed by atoms with E-state index in [2.05, 4.69) is 213 Å². The molecule has 0 aromatic carbocycles. The number of aldehydes is 1. The number of halogens is 4. The first-order valence-corrected chi connectivity index (χ1v) is 58.6. The zero-order valence-electron chi connectivity index (χ0n) is 87.9. The zero-order valence-corrected chi connectivity index (χ0v) is 101. The Bertz CT molecular complexity index is 4410. The minimum atomic E-state index is -0.731. The molecule has 5 aliphatic rings. The quantitative estimate of drug-likeness (QED) is 0.0102. The first kappa shape index (κ1) is 134. The molecule has 0 saturated carbocycles. The van der Waals surface area contributed by atoms with Gasteiger partial charge in [0.1, 0.15) is 12.4 Å². The fourth-order valence-electron chi connectivity index (χ4n) is 12.5. The molecule has 0 spiro atoms. The van der Waals surface area contributed by atoms with Gasteiger partial charge in [0.2, 0.25) is 0 Å². The number of carbonyl (C=O) groups excluding carboxylic acids is 1. The molecule has 138 heavy (non-hydrogen) atoms. The SMILES string of the molecule is Brc1cccs1.C#CC#CC(O)c1cccs1.C1CCOC1.CC(C)OB1OC(C)(C)C(C)(C)O1.CC(C)OB1OC(C)(C)C(C)(C)O1.CCCCCC=O.CCCCCCc1ccc(-c2ccc(B3OC(C)(C)C(C)(C)O3)s2)s1.CCCCCCc1ccc(-c2cccs2)s1.CCCCCCc1ccc(B2OC(C)(C)C(C)(C)O2)s1.CCCCCCc1cccs1.ClCCCl.[Br-].[HH].[HH].[HH].[HH].[HH].[Mg+2].[c-]1cccs1. The third-order valence-electron chi connectivity index (χ3n) is 23.3. The van der Waals surface area contributed by atoms with Crippen molar-refractivity contribution < 1.29 is 85.3 Å². The van der Waals surface area contributed by atoms with Gasteiger partial charge in [0.05, 0.1) is 48.6 Å². The summed E-state index contributed by atoms with van der Waals surface area (Å²) >= 11 is 29.4. The number of aryl methyl sites for hydroxylation is 4. The summed E-state index contributed by atoms with van der Waals surface area (Å²) in [6.07, 6.45) is 38.6. The number of thiophene rings is 9. The second kappa shape index (κ2) is 74.1. The summed E-state index contributed by atoms with van der Waals surface area (Å²) in [5, 5.41) is 22.4. The maximum Gasteiger partial charge on any atom is 2.00 e. The predicted molar refractivity (Wildman–Crippen MR) is 620 cm³/mol. The van der Waals surface area contributed by atoms with Crippen molar-refractivity contribution in [3.05, 3.63) is 170 Å². The second-order valence-electron chi connectivity index (χ2n) is 37.8. The Hall–Kier alpha value is -1.82. The van der Waals surface area contributed by atoms with Gasteiger partial charge in [-0.2, -0.15) is 11.4 Å². The molecule has 13 nitrogen and oxygen atoms in total. The van der Waals surface area contributed by atoms with Crippen LogP contribution in [0, 0.1) is 29.6 Å². The minimum absolute atomic E-state index is 0. The Morgan fingerprint density at radius 1 is 0.449 bits per heavy atom. The third kappa shape index (κ3) is 54.4. The predicted octanol–water partition coefficient (Wildman–Crippen LogP) is 30.9. The molecule has 5 aliphatic heterocycles. The van der Waals surface area contributed by atoms with Crippen LogP contribution in [0.25, 0.3) is 19.5 Å². The van der Waals surface area contributed by atoms with Gasteiger partial charge in [0.25, 0.3) is 0 Å². The fraction of sp³-hybridized carbons (Fsp3) is 0.617. The molecule has 0 radical (unpaired) electrons. The van der Waals surface area contributed by atoms with E-state index < -0.39 is 20.7 Å². The van der Waals surface area contributed by atoms with Crippen molar-refractivity contribution in [3.63, 3.8) is 0 Å². The molecule has 14 rings (SSSR count). The molecule has 0 amide bonds. The molecule has 1 atom stereocenters. The van der Waals surface area contributed by atoms with Crippen LogP contribution >= 0.6 is 141 Å². The summed E-state index contributed by atoms with van der Waals surface area (Å²) in [4.78, 5) is 22.0. The van der Waals surface area contributed by atoms with E-state index in [-0.39, 0.29) is 118 Å². The van der Waals surface area contributed by atoms with Gasteiger partial charge < -0.3 is 89.5 Å². The van der Waals surface area contributed by atoms with Crippen LogP contribution in [-0.2, 0) is 81.8 Å². The number of rotatable bonds is 34. The number of aliphatic hydroxyl groups excluding tert-OH is 1. The smallest absolute Gasteiger partial charge is 1.00 e. The summed E-state index contributed by atoms with van der Waals surface area (Å²) in [5.74, 6) is 8.14. The Morgan fingerprint density at radius 2 is 0.819 bits per heavy atom. The van der Waals surface area contributed by atoms with Gasteiger partial charge in [-0.1, -0.05) is 167 Å². The Kier molecular flexibility index (Phi) is 72.1. The Balaban J connectivity index is -0.000000498. The van der Waals surface area contributed by atoms with Crippen LogP contribution in [0.4, 0.5) is 0 Å². The van der Waals surface area contributed by atoms with Crippen molar-refractivity contribution in [1.82, 2.24) is 0 Å². The van der Waals surface area contributed by atoms with Crippen LogP contribution < -0.4 is 26.5 Å². The van der Waals surface area contributed by atoms with Crippen molar-refractivity contribution in [2.24, 2.45) is 0 Å². The molecule has 776 valence electrons. The molecular weight excluding hydrogens is 2080 g/mol. The molecule has 31 heteroatoms.